The summed E-state index contributed by atoms with van der Waals surface area (Å²) in [6.45, 7) is 3.90. The smallest absolute Gasteiger partial charge is 0.244 e. The lowest BCUT2D eigenvalue weighted by molar-refractivity contribution is -0.140. The van der Waals surface area contributed by atoms with Gasteiger partial charge in [-0.3, -0.25) is 13.9 Å². The van der Waals surface area contributed by atoms with Gasteiger partial charge in [0.25, 0.3) is 0 Å². The molecule has 1 unspecified atom stereocenters. The fraction of sp³-hybridized carbons (Fsp3) is 0.481. The van der Waals surface area contributed by atoms with E-state index in [0.717, 1.165) is 41.8 Å². The maximum Gasteiger partial charge on any atom is 0.244 e. The van der Waals surface area contributed by atoms with Gasteiger partial charge in [0.1, 0.15) is 18.3 Å². The molecule has 0 heterocycles. The zero-order chi connectivity index (χ0) is 27.0. The van der Waals surface area contributed by atoms with Crippen LogP contribution in [0.3, 0.4) is 0 Å². The molecule has 2 aromatic carbocycles. The van der Waals surface area contributed by atoms with Crippen molar-refractivity contribution in [3.05, 3.63) is 59.1 Å². The van der Waals surface area contributed by atoms with E-state index < -0.39 is 28.5 Å². The molecule has 2 amide bonds. The molecule has 37 heavy (non-hydrogen) atoms. The van der Waals surface area contributed by atoms with Gasteiger partial charge in [-0.2, -0.15) is 0 Å². The third-order valence-corrected chi connectivity index (χ3v) is 7.86. The van der Waals surface area contributed by atoms with Gasteiger partial charge in [-0.25, -0.2) is 8.42 Å². The highest BCUT2D eigenvalue weighted by molar-refractivity contribution is 7.92. The van der Waals surface area contributed by atoms with Crippen LogP contribution in [0.4, 0.5) is 5.69 Å². The third-order valence-electron chi connectivity index (χ3n) is 6.47. The number of carbonyl (C=O) groups is 2. The number of nitrogens with zero attached hydrogens (tertiary/aromatic N) is 2. The van der Waals surface area contributed by atoms with Gasteiger partial charge in [0.15, 0.2) is 0 Å². The standard InChI is InChI=1S/C27H36ClN3O5S/c1-4-25(27(33)29-22-8-6-7-9-22)30(18-20-10-12-21(28)13-11-20)26(32)19-31(37(3,34)35)23-14-16-24(17-15-23)36-5-2/h10-17,22,25H,4-9,18-19H2,1-3H3,(H,29,33). The minimum absolute atomic E-state index is 0.102. The number of benzene rings is 2. The quantitative estimate of drug-likeness (QED) is 0.424. The fourth-order valence-electron chi connectivity index (χ4n) is 4.56. The lowest BCUT2D eigenvalue weighted by Crippen LogP contribution is -2.53. The van der Waals surface area contributed by atoms with Crippen molar-refractivity contribution in [3.8, 4) is 5.75 Å². The predicted molar refractivity (Wildman–Crippen MR) is 146 cm³/mol. The van der Waals surface area contributed by atoms with Crippen molar-refractivity contribution in [1.82, 2.24) is 10.2 Å². The van der Waals surface area contributed by atoms with Crippen LogP contribution in [0.15, 0.2) is 48.5 Å². The average Bonchev–Trinajstić information content (AvgIpc) is 3.36. The number of sulfonamides is 1. The van der Waals surface area contributed by atoms with Crippen LogP contribution in [0.5, 0.6) is 5.75 Å². The number of nitrogens with one attached hydrogen (secondary N) is 1. The van der Waals surface area contributed by atoms with E-state index in [0.29, 0.717) is 29.5 Å². The molecular weight excluding hydrogens is 514 g/mol. The number of halogens is 1. The summed E-state index contributed by atoms with van der Waals surface area (Å²) in [5, 5.41) is 3.66. The van der Waals surface area contributed by atoms with E-state index in [-0.39, 0.29) is 18.5 Å². The third kappa shape index (κ3) is 8.10. The summed E-state index contributed by atoms with van der Waals surface area (Å²) in [5.41, 5.74) is 1.13. The Labute approximate surface area is 225 Å². The molecule has 0 aliphatic heterocycles. The Bertz CT molecular complexity index is 1150. The Balaban J connectivity index is 1.89. The SMILES string of the molecule is CCOc1ccc(N(CC(=O)N(Cc2ccc(Cl)cc2)C(CC)C(=O)NC2CCCC2)S(C)(=O)=O)cc1. The Morgan fingerprint density at radius 1 is 1.05 bits per heavy atom. The summed E-state index contributed by atoms with van der Waals surface area (Å²) in [7, 11) is -3.79. The average molecular weight is 550 g/mol. The van der Waals surface area contributed by atoms with Gasteiger partial charge in [0.2, 0.25) is 21.8 Å². The number of carbonyl (C=O) groups excluding carboxylic acids is 2. The normalized spacial score (nSPS) is 14.7. The summed E-state index contributed by atoms with van der Waals surface area (Å²) >= 11 is 6.04. The second kappa shape index (κ2) is 13.1. The number of amides is 2. The van der Waals surface area contributed by atoms with Crippen LogP contribution >= 0.6 is 11.6 Å². The largest absolute Gasteiger partial charge is 0.494 e. The molecule has 10 heteroatoms. The highest BCUT2D eigenvalue weighted by Gasteiger charge is 2.33. The molecule has 1 saturated carbocycles. The van der Waals surface area contributed by atoms with Crippen LogP contribution in [-0.4, -0.2) is 56.6 Å². The van der Waals surface area contributed by atoms with Crippen LogP contribution in [-0.2, 0) is 26.2 Å². The lowest BCUT2D eigenvalue weighted by Gasteiger charge is -2.33. The maximum absolute atomic E-state index is 13.7. The van der Waals surface area contributed by atoms with Gasteiger partial charge in [0.05, 0.1) is 18.6 Å². The van der Waals surface area contributed by atoms with E-state index >= 15 is 0 Å². The second-order valence-corrected chi connectivity index (χ2v) is 11.6. The molecule has 0 bridgehead atoms. The van der Waals surface area contributed by atoms with Crippen LogP contribution in [0.2, 0.25) is 5.02 Å². The Morgan fingerprint density at radius 2 is 1.68 bits per heavy atom. The number of hydrogen-bond donors (Lipinski definition) is 1. The monoisotopic (exact) mass is 549 g/mol. The van der Waals surface area contributed by atoms with Gasteiger partial charge in [-0.05, 0) is 68.1 Å². The molecule has 1 aliphatic carbocycles. The summed E-state index contributed by atoms with van der Waals surface area (Å²) in [5.74, 6) is -0.0867. The minimum atomic E-state index is -3.79. The first-order chi connectivity index (χ1) is 17.6. The maximum atomic E-state index is 13.7. The zero-order valence-electron chi connectivity index (χ0n) is 21.7. The number of rotatable bonds is 12. The fourth-order valence-corrected chi connectivity index (χ4v) is 5.54. The number of ether oxygens (including phenoxy) is 1. The van der Waals surface area contributed by atoms with E-state index in [1.54, 1.807) is 48.5 Å². The van der Waals surface area contributed by atoms with Gasteiger partial charge in [-0.15, -0.1) is 0 Å². The minimum Gasteiger partial charge on any atom is -0.494 e. The molecular formula is C27H36ClN3O5S. The van der Waals surface area contributed by atoms with Crippen molar-refractivity contribution >= 4 is 39.1 Å². The lowest BCUT2D eigenvalue weighted by atomic mass is 10.1. The van der Waals surface area contributed by atoms with E-state index in [9.17, 15) is 18.0 Å². The highest BCUT2D eigenvalue weighted by Crippen LogP contribution is 2.24. The zero-order valence-corrected chi connectivity index (χ0v) is 23.2. The molecule has 1 N–H and O–H groups in total. The van der Waals surface area contributed by atoms with Gasteiger partial charge >= 0.3 is 0 Å². The molecule has 8 nitrogen and oxygen atoms in total. The first-order valence-corrected chi connectivity index (χ1v) is 14.9. The van der Waals surface area contributed by atoms with Crippen molar-refractivity contribution in [3.63, 3.8) is 0 Å². The molecule has 202 valence electrons. The van der Waals surface area contributed by atoms with Gasteiger partial charge in [-0.1, -0.05) is 43.5 Å². The topological polar surface area (TPSA) is 96.0 Å². The molecule has 0 aromatic heterocycles. The van der Waals surface area contributed by atoms with Crippen LogP contribution in [0.25, 0.3) is 0 Å². The van der Waals surface area contributed by atoms with Crippen molar-refractivity contribution in [2.45, 2.75) is 64.6 Å². The van der Waals surface area contributed by atoms with Crippen LogP contribution in [0.1, 0.15) is 51.5 Å². The second-order valence-electron chi connectivity index (χ2n) is 9.26. The molecule has 1 fully saturated rings. The predicted octanol–water partition coefficient (Wildman–Crippen LogP) is 4.37. The molecule has 2 aromatic rings. The molecule has 0 radical (unpaired) electrons. The Hall–Kier alpha value is -2.78. The number of anilines is 1. The van der Waals surface area contributed by atoms with Crippen molar-refractivity contribution < 1.29 is 22.7 Å². The first-order valence-electron chi connectivity index (χ1n) is 12.7. The molecule has 0 spiro atoms. The van der Waals surface area contributed by atoms with Crippen molar-refractivity contribution in [1.29, 1.82) is 0 Å². The van der Waals surface area contributed by atoms with Gasteiger partial charge in [0, 0.05) is 17.6 Å². The molecule has 1 aliphatic rings. The first kappa shape index (κ1) is 28.8. The summed E-state index contributed by atoms with van der Waals surface area (Å²) in [4.78, 5) is 28.5. The Morgan fingerprint density at radius 3 is 2.22 bits per heavy atom. The van der Waals surface area contributed by atoms with Crippen LogP contribution < -0.4 is 14.4 Å². The molecule has 3 rings (SSSR count). The molecule has 0 saturated heterocycles. The van der Waals surface area contributed by atoms with E-state index in [2.05, 4.69) is 5.32 Å². The molecule has 1 atom stereocenters. The van der Waals surface area contributed by atoms with Crippen LogP contribution in [0, 0.1) is 0 Å². The number of hydrogen-bond acceptors (Lipinski definition) is 5. The summed E-state index contributed by atoms with van der Waals surface area (Å²) in [6.07, 6.45) is 5.44. The van der Waals surface area contributed by atoms with E-state index in [1.165, 1.54) is 4.90 Å². The Kier molecular flexibility index (Phi) is 10.2. The highest BCUT2D eigenvalue weighted by atomic mass is 35.5. The summed E-state index contributed by atoms with van der Waals surface area (Å²) < 4.78 is 32.0. The van der Waals surface area contributed by atoms with E-state index in [1.807, 2.05) is 13.8 Å². The van der Waals surface area contributed by atoms with Crippen molar-refractivity contribution in [2.75, 3.05) is 23.7 Å². The van der Waals surface area contributed by atoms with Gasteiger partial charge < -0.3 is 15.0 Å². The van der Waals surface area contributed by atoms with Crippen molar-refractivity contribution in [2.24, 2.45) is 0 Å². The summed E-state index contributed by atoms with van der Waals surface area (Å²) in [6, 6.07) is 12.9. The van der Waals surface area contributed by atoms with E-state index in [4.69, 9.17) is 16.3 Å².